The van der Waals surface area contributed by atoms with Crippen molar-refractivity contribution in [1.29, 1.82) is 0 Å². The zero-order valence-corrected chi connectivity index (χ0v) is 14.2. The van der Waals surface area contributed by atoms with Gasteiger partial charge in [-0.25, -0.2) is 0 Å². The maximum absolute atomic E-state index is 13.1. The highest BCUT2D eigenvalue weighted by Crippen LogP contribution is 2.25. The van der Waals surface area contributed by atoms with Gasteiger partial charge in [-0.1, -0.05) is 30.3 Å². The molecule has 0 radical (unpaired) electrons. The first-order valence-corrected chi connectivity index (χ1v) is 8.10. The fraction of sp³-hybridized carbons (Fsp3) is 0.250. The number of nitrogens with zero attached hydrogens (tertiary/aromatic N) is 1. The molecule has 0 fully saturated rings. The molecule has 124 valence electrons. The standard InChI is InChI=1S/C20H22N2O2/c1-14(2)22(13-15-7-5-4-6-8-15)20(23)18-12-21-19-11-16(24-3)9-10-17(18)19/h4-12,14,21H,13H2,1-3H3. The second-order valence-corrected chi connectivity index (χ2v) is 6.13. The second-order valence-electron chi connectivity index (χ2n) is 6.13. The molecule has 1 heterocycles. The summed E-state index contributed by atoms with van der Waals surface area (Å²) in [6.45, 7) is 4.68. The van der Waals surface area contributed by atoms with Crippen LogP contribution in [0.4, 0.5) is 0 Å². The molecular formula is C20H22N2O2. The fourth-order valence-electron chi connectivity index (χ4n) is 2.83. The summed E-state index contributed by atoms with van der Waals surface area (Å²) < 4.78 is 5.24. The number of rotatable bonds is 5. The Morgan fingerprint density at radius 1 is 1.17 bits per heavy atom. The van der Waals surface area contributed by atoms with Crippen molar-refractivity contribution in [3.05, 3.63) is 65.9 Å². The molecule has 3 aromatic rings. The predicted octanol–water partition coefficient (Wildman–Crippen LogP) is 4.23. The van der Waals surface area contributed by atoms with Crippen LogP contribution in [0.15, 0.2) is 54.7 Å². The third-order valence-corrected chi connectivity index (χ3v) is 4.20. The van der Waals surface area contributed by atoms with Crippen molar-refractivity contribution in [2.75, 3.05) is 7.11 Å². The van der Waals surface area contributed by atoms with E-state index in [0.29, 0.717) is 12.1 Å². The van der Waals surface area contributed by atoms with Crippen molar-refractivity contribution < 1.29 is 9.53 Å². The molecule has 0 aliphatic heterocycles. The highest BCUT2D eigenvalue weighted by atomic mass is 16.5. The van der Waals surface area contributed by atoms with Crippen LogP contribution < -0.4 is 4.74 Å². The lowest BCUT2D eigenvalue weighted by Crippen LogP contribution is -2.36. The maximum Gasteiger partial charge on any atom is 0.256 e. The lowest BCUT2D eigenvalue weighted by molar-refractivity contribution is 0.0692. The Hall–Kier alpha value is -2.75. The van der Waals surface area contributed by atoms with Crippen molar-refractivity contribution in [3.8, 4) is 5.75 Å². The molecule has 0 saturated heterocycles. The van der Waals surface area contributed by atoms with Gasteiger partial charge in [-0.3, -0.25) is 4.79 Å². The topological polar surface area (TPSA) is 45.3 Å². The number of aromatic amines is 1. The normalized spacial score (nSPS) is 11.0. The third kappa shape index (κ3) is 3.13. The summed E-state index contributed by atoms with van der Waals surface area (Å²) in [6, 6.07) is 15.9. The predicted molar refractivity (Wildman–Crippen MR) is 96.3 cm³/mol. The lowest BCUT2D eigenvalue weighted by atomic mass is 10.1. The van der Waals surface area contributed by atoms with E-state index in [1.54, 1.807) is 13.3 Å². The fourth-order valence-corrected chi connectivity index (χ4v) is 2.83. The first-order chi connectivity index (χ1) is 11.6. The molecule has 0 spiro atoms. The molecule has 2 aromatic carbocycles. The number of aromatic nitrogens is 1. The number of carbonyl (C=O) groups is 1. The van der Waals surface area contributed by atoms with Crippen molar-refractivity contribution in [1.82, 2.24) is 9.88 Å². The van der Waals surface area contributed by atoms with Crippen LogP contribution in [-0.4, -0.2) is 28.9 Å². The van der Waals surface area contributed by atoms with Gasteiger partial charge < -0.3 is 14.6 Å². The zero-order valence-electron chi connectivity index (χ0n) is 14.2. The minimum absolute atomic E-state index is 0.0327. The highest BCUT2D eigenvalue weighted by Gasteiger charge is 2.22. The minimum Gasteiger partial charge on any atom is -0.497 e. The first-order valence-electron chi connectivity index (χ1n) is 8.10. The first kappa shape index (κ1) is 16.1. The zero-order chi connectivity index (χ0) is 17.1. The van der Waals surface area contributed by atoms with Gasteiger partial charge in [0.2, 0.25) is 0 Å². The van der Waals surface area contributed by atoms with E-state index >= 15 is 0 Å². The Labute approximate surface area is 142 Å². The smallest absolute Gasteiger partial charge is 0.256 e. The number of methoxy groups -OCH3 is 1. The van der Waals surface area contributed by atoms with Crippen LogP contribution in [0.2, 0.25) is 0 Å². The highest BCUT2D eigenvalue weighted by molar-refractivity contribution is 6.07. The van der Waals surface area contributed by atoms with Crippen LogP contribution >= 0.6 is 0 Å². The molecule has 24 heavy (non-hydrogen) atoms. The monoisotopic (exact) mass is 322 g/mol. The number of ether oxygens (including phenoxy) is 1. The van der Waals surface area contributed by atoms with Gasteiger partial charge in [0, 0.05) is 35.8 Å². The molecule has 4 nitrogen and oxygen atoms in total. The van der Waals surface area contributed by atoms with E-state index in [0.717, 1.165) is 22.2 Å². The van der Waals surface area contributed by atoms with Gasteiger partial charge in [-0.15, -0.1) is 0 Å². The van der Waals surface area contributed by atoms with Crippen molar-refractivity contribution in [2.24, 2.45) is 0 Å². The Kier molecular flexibility index (Phi) is 4.56. The quantitative estimate of drug-likeness (QED) is 0.764. The number of fused-ring (bicyclic) bond motifs is 1. The van der Waals surface area contributed by atoms with E-state index in [1.165, 1.54) is 0 Å². The average molecular weight is 322 g/mol. The van der Waals surface area contributed by atoms with E-state index < -0.39 is 0 Å². The number of carbonyl (C=O) groups excluding carboxylic acids is 1. The summed E-state index contributed by atoms with van der Waals surface area (Å²) >= 11 is 0. The molecule has 4 heteroatoms. The molecule has 3 rings (SSSR count). The SMILES string of the molecule is COc1ccc2c(C(=O)N(Cc3ccccc3)C(C)C)c[nH]c2c1. The molecule has 1 N–H and O–H groups in total. The van der Waals surface area contributed by atoms with Crippen LogP contribution in [0.3, 0.4) is 0 Å². The summed E-state index contributed by atoms with van der Waals surface area (Å²) in [5.41, 5.74) is 2.72. The van der Waals surface area contributed by atoms with E-state index in [4.69, 9.17) is 4.74 Å². The van der Waals surface area contributed by atoms with Gasteiger partial charge in [0.1, 0.15) is 5.75 Å². The minimum atomic E-state index is 0.0327. The summed E-state index contributed by atoms with van der Waals surface area (Å²) in [6.07, 6.45) is 1.78. The molecule has 0 aliphatic carbocycles. The molecule has 1 aromatic heterocycles. The Bertz CT molecular complexity index is 837. The van der Waals surface area contributed by atoms with E-state index in [-0.39, 0.29) is 11.9 Å². The van der Waals surface area contributed by atoms with Gasteiger partial charge in [-0.2, -0.15) is 0 Å². The molecule has 0 unspecified atom stereocenters. The number of nitrogens with one attached hydrogen (secondary N) is 1. The van der Waals surface area contributed by atoms with Crippen molar-refractivity contribution >= 4 is 16.8 Å². The van der Waals surface area contributed by atoms with Crippen molar-refractivity contribution in [3.63, 3.8) is 0 Å². The van der Waals surface area contributed by atoms with Gasteiger partial charge in [0.05, 0.1) is 12.7 Å². The summed E-state index contributed by atoms with van der Waals surface area (Å²) in [7, 11) is 1.64. The summed E-state index contributed by atoms with van der Waals surface area (Å²) in [5, 5.41) is 0.916. The van der Waals surface area contributed by atoms with Gasteiger partial charge in [-0.05, 0) is 31.5 Å². The number of H-pyrrole nitrogens is 1. The number of amides is 1. The number of hydrogen-bond donors (Lipinski definition) is 1. The van der Waals surface area contributed by atoms with Crippen LogP contribution in [0.25, 0.3) is 10.9 Å². The van der Waals surface area contributed by atoms with E-state index in [2.05, 4.69) is 4.98 Å². The van der Waals surface area contributed by atoms with Gasteiger partial charge in [0.25, 0.3) is 5.91 Å². The van der Waals surface area contributed by atoms with E-state index in [1.807, 2.05) is 67.3 Å². The van der Waals surface area contributed by atoms with Crippen LogP contribution in [0.1, 0.15) is 29.8 Å². The van der Waals surface area contributed by atoms with Crippen LogP contribution in [-0.2, 0) is 6.54 Å². The summed E-state index contributed by atoms with van der Waals surface area (Å²) in [4.78, 5) is 18.2. The molecular weight excluding hydrogens is 300 g/mol. The van der Waals surface area contributed by atoms with Gasteiger partial charge in [0.15, 0.2) is 0 Å². The van der Waals surface area contributed by atoms with Gasteiger partial charge >= 0.3 is 0 Å². The molecule has 1 amide bonds. The molecule has 0 aliphatic rings. The molecule has 0 atom stereocenters. The number of benzene rings is 2. The average Bonchev–Trinajstić information content (AvgIpc) is 3.02. The third-order valence-electron chi connectivity index (χ3n) is 4.20. The van der Waals surface area contributed by atoms with Crippen LogP contribution in [0, 0.1) is 0 Å². The lowest BCUT2D eigenvalue weighted by Gasteiger charge is -2.26. The Morgan fingerprint density at radius 3 is 2.58 bits per heavy atom. The van der Waals surface area contributed by atoms with Crippen LogP contribution in [0.5, 0.6) is 5.75 Å². The molecule has 0 bridgehead atoms. The second kappa shape index (κ2) is 6.79. The summed E-state index contributed by atoms with van der Waals surface area (Å²) in [5.74, 6) is 0.804. The van der Waals surface area contributed by atoms with E-state index in [9.17, 15) is 4.79 Å². The Morgan fingerprint density at radius 2 is 1.92 bits per heavy atom. The maximum atomic E-state index is 13.1. The largest absolute Gasteiger partial charge is 0.497 e. The molecule has 0 saturated carbocycles. The van der Waals surface area contributed by atoms with Crippen molar-refractivity contribution in [2.45, 2.75) is 26.4 Å². The number of hydrogen-bond acceptors (Lipinski definition) is 2. The Balaban J connectivity index is 1.93.